The van der Waals surface area contributed by atoms with E-state index in [9.17, 15) is 0 Å². The Balaban J connectivity index is 2.87. The third kappa shape index (κ3) is 2.52. The molecule has 0 amide bonds. The van der Waals surface area contributed by atoms with E-state index < -0.39 is 0 Å². The molecule has 1 heterocycles. The summed E-state index contributed by atoms with van der Waals surface area (Å²) >= 11 is 0. The van der Waals surface area contributed by atoms with Gasteiger partial charge in [-0.05, 0) is 56.0 Å². The largest absolute Gasteiger partial charge is 0.263 e. The quantitative estimate of drug-likeness (QED) is 0.698. The molecule has 0 aliphatic carbocycles. The maximum Gasteiger partial charge on any atom is 0.131 e. The molecule has 1 rings (SSSR count). The smallest absolute Gasteiger partial charge is 0.131 e. The summed E-state index contributed by atoms with van der Waals surface area (Å²) in [4.78, 5) is 0. The van der Waals surface area contributed by atoms with E-state index in [-0.39, 0.29) is 22.3 Å². The summed E-state index contributed by atoms with van der Waals surface area (Å²) in [5.41, 5.74) is 0.248. The van der Waals surface area contributed by atoms with Gasteiger partial charge in [0.15, 0.2) is 0 Å². The highest BCUT2D eigenvalue weighted by Crippen LogP contribution is 2.79. The fraction of sp³-hybridized carbons (Fsp3) is 1.00. The second-order valence-corrected chi connectivity index (χ2v) is 10.5. The van der Waals surface area contributed by atoms with Gasteiger partial charge in [-0.15, -0.1) is 0 Å². The molecule has 0 aromatic heterocycles. The molecule has 0 bridgehead atoms. The fourth-order valence-corrected chi connectivity index (χ4v) is 8.77. The predicted molar refractivity (Wildman–Crippen MR) is 70.6 cm³/mol. The number of rotatable bonds is 2. The van der Waals surface area contributed by atoms with E-state index in [1.54, 1.807) is 0 Å². The minimum absolute atomic E-state index is 0.248. The summed E-state index contributed by atoms with van der Waals surface area (Å²) in [5.74, 6) is 0. The van der Waals surface area contributed by atoms with Crippen LogP contribution in [-0.2, 0) is 0 Å². The van der Waals surface area contributed by atoms with Crippen LogP contribution < -0.4 is 0 Å². The Morgan fingerprint density at radius 2 is 1.20 bits per heavy atom. The number of hydrogen-bond donors (Lipinski definition) is 0. The van der Waals surface area contributed by atoms with Gasteiger partial charge >= 0.3 is 0 Å². The zero-order chi connectivity index (χ0) is 12.0. The van der Waals surface area contributed by atoms with Crippen LogP contribution in [0.15, 0.2) is 0 Å². The van der Waals surface area contributed by atoms with Crippen molar-refractivity contribution in [3.05, 3.63) is 0 Å². The Morgan fingerprint density at radius 3 is 1.40 bits per heavy atom. The minimum atomic E-state index is -0.254. The highest BCUT2D eigenvalue weighted by atomic mass is 31.3. The lowest BCUT2D eigenvalue weighted by Gasteiger charge is -2.62. The van der Waals surface area contributed by atoms with E-state index in [4.69, 9.17) is 0 Å². The minimum Gasteiger partial charge on any atom is -0.263 e. The van der Waals surface area contributed by atoms with E-state index in [1.807, 2.05) is 0 Å². The molecule has 1 saturated heterocycles. The van der Waals surface area contributed by atoms with Crippen molar-refractivity contribution in [1.29, 1.82) is 0 Å². The average molecular weight is 250 g/mol. The lowest BCUT2D eigenvalue weighted by Crippen LogP contribution is -2.51. The Morgan fingerprint density at radius 1 is 0.867 bits per heavy atom. The molecule has 0 N–H and O–H groups in total. The SMILES string of the molecule is CN(C)[P@]1N(C)[P@@](N(C)C)N1C(C)(C)C. The summed E-state index contributed by atoms with van der Waals surface area (Å²) in [5, 5.41) is 0. The number of nitrogens with zero attached hydrogens (tertiary/aromatic N) is 4. The normalized spacial score (nSPS) is 30.0. The van der Waals surface area contributed by atoms with Gasteiger partial charge in [0.25, 0.3) is 0 Å². The van der Waals surface area contributed by atoms with Gasteiger partial charge in [0.05, 0.1) is 0 Å². The van der Waals surface area contributed by atoms with Crippen LogP contribution in [0.3, 0.4) is 0 Å². The lowest BCUT2D eigenvalue weighted by molar-refractivity contribution is 0.310. The van der Waals surface area contributed by atoms with Crippen molar-refractivity contribution < 1.29 is 0 Å². The highest BCUT2D eigenvalue weighted by molar-refractivity contribution is 7.80. The Kier molecular flexibility index (Phi) is 4.15. The zero-order valence-electron chi connectivity index (χ0n) is 11.2. The first-order valence-corrected chi connectivity index (χ1v) is 7.56. The molecule has 1 aliphatic heterocycles. The van der Waals surface area contributed by atoms with Crippen molar-refractivity contribution in [1.82, 2.24) is 18.2 Å². The van der Waals surface area contributed by atoms with Crippen molar-refractivity contribution in [3.63, 3.8) is 0 Å². The number of hydrogen-bond acceptors (Lipinski definition) is 4. The van der Waals surface area contributed by atoms with Gasteiger partial charge in [0.2, 0.25) is 0 Å². The average Bonchev–Trinajstić information content (AvgIpc) is 1.95. The molecule has 0 aromatic rings. The fourth-order valence-electron chi connectivity index (χ4n) is 1.75. The third-order valence-corrected chi connectivity index (χ3v) is 8.44. The first-order chi connectivity index (χ1) is 6.68. The predicted octanol–water partition coefficient (Wildman–Crippen LogP) is 2.61. The molecule has 1 aliphatic rings. The van der Waals surface area contributed by atoms with Crippen LogP contribution in [0.5, 0.6) is 0 Å². The van der Waals surface area contributed by atoms with Crippen molar-refractivity contribution in [2.45, 2.75) is 26.3 Å². The van der Waals surface area contributed by atoms with Crippen LogP contribution in [0.1, 0.15) is 20.8 Å². The second kappa shape index (κ2) is 4.52. The van der Waals surface area contributed by atoms with Crippen LogP contribution in [0.2, 0.25) is 0 Å². The van der Waals surface area contributed by atoms with Gasteiger partial charge < -0.3 is 0 Å². The molecule has 90 valence electrons. The van der Waals surface area contributed by atoms with E-state index in [2.05, 4.69) is 74.2 Å². The van der Waals surface area contributed by atoms with Gasteiger partial charge in [-0.25, -0.2) is 8.88 Å². The standard InChI is InChI=1S/C9H24N4P2/c1-9(2,3)13-14(10(4)5)12(8)15(13)11(6)7/h1-8H3/t14-,15-/m1/s1. The van der Waals surface area contributed by atoms with Gasteiger partial charge in [-0.1, -0.05) is 0 Å². The van der Waals surface area contributed by atoms with E-state index in [1.165, 1.54) is 0 Å². The molecule has 2 atom stereocenters. The molecule has 6 heteroatoms. The van der Waals surface area contributed by atoms with Crippen molar-refractivity contribution in [3.8, 4) is 0 Å². The molecular formula is C9H24N4P2. The molecular weight excluding hydrogens is 226 g/mol. The molecule has 15 heavy (non-hydrogen) atoms. The van der Waals surface area contributed by atoms with Crippen LogP contribution in [0.4, 0.5) is 0 Å². The van der Waals surface area contributed by atoms with Crippen molar-refractivity contribution >= 4 is 16.7 Å². The Hall–Kier alpha value is 0.700. The Labute approximate surface area is 97.0 Å². The van der Waals surface area contributed by atoms with Gasteiger partial charge in [0, 0.05) is 5.54 Å². The van der Waals surface area contributed by atoms with Crippen LogP contribution in [-0.4, -0.2) is 59.0 Å². The molecule has 1 fully saturated rings. The summed E-state index contributed by atoms with van der Waals surface area (Å²) in [6.45, 7) is 6.91. The summed E-state index contributed by atoms with van der Waals surface area (Å²) in [6, 6.07) is 0. The highest BCUT2D eigenvalue weighted by Gasteiger charge is 2.52. The lowest BCUT2D eigenvalue weighted by atomic mass is 10.1. The van der Waals surface area contributed by atoms with Crippen LogP contribution in [0, 0.1) is 0 Å². The van der Waals surface area contributed by atoms with E-state index in [0.29, 0.717) is 0 Å². The zero-order valence-corrected chi connectivity index (χ0v) is 13.0. The van der Waals surface area contributed by atoms with Gasteiger partial charge in [-0.3, -0.25) is 9.34 Å². The maximum absolute atomic E-state index is 2.65. The summed E-state index contributed by atoms with van der Waals surface area (Å²) in [6.07, 6.45) is 0. The van der Waals surface area contributed by atoms with E-state index in [0.717, 1.165) is 0 Å². The topological polar surface area (TPSA) is 13.0 Å². The van der Waals surface area contributed by atoms with Crippen molar-refractivity contribution in [2.75, 3.05) is 35.2 Å². The maximum atomic E-state index is 2.65. The van der Waals surface area contributed by atoms with Crippen molar-refractivity contribution in [2.24, 2.45) is 0 Å². The molecule has 4 nitrogen and oxygen atoms in total. The monoisotopic (exact) mass is 250 g/mol. The second-order valence-electron chi connectivity index (χ2n) is 5.18. The first-order valence-electron chi connectivity index (χ1n) is 5.16. The molecule has 0 spiro atoms. The van der Waals surface area contributed by atoms with Gasteiger partial charge in [0.1, 0.15) is 16.7 Å². The van der Waals surface area contributed by atoms with Gasteiger partial charge in [-0.2, -0.15) is 0 Å². The van der Waals surface area contributed by atoms with Crippen LogP contribution in [0.25, 0.3) is 0 Å². The molecule has 0 saturated carbocycles. The summed E-state index contributed by atoms with van der Waals surface area (Å²) < 4.78 is 9.83. The molecule has 0 unspecified atom stereocenters. The molecule has 0 aromatic carbocycles. The molecule has 0 radical (unpaired) electrons. The summed E-state index contributed by atoms with van der Waals surface area (Å²) in [7, 11) is 10.4. The Bertz CT molecular complexity index is 211. The van der Waals surface area contributed by atoms with Crippen LogP contribution >= 0.6 is 16.7 Å². The third-order valence-electron chi connectivity index (χ3n) is 2.17. The van der Waals surface area contributed by atoms with E-state index >= 15 is 0 Å². The first kappa shape index (κ1) is 13.8.